The summed E-state index contributed by atoms with van der Waals surface area (Å²) in [5.74, 6) is 1.68. The molecule has 0 bridgehead atoms. The lowest BCUT2D eigenvalue weighted by Gasteiger charge is -2.23. The van der Waals surface area contributed by atoms with E-state index in [0.717, 1.165) is 29.7 Å². The third-order valence-electron chi connectivity index (χ3n) is 5.89. The zero-order valence-corrected chi connectivity index (χ0v) is 17.3. The minimum atomic E-state index is -0.263. The Morgan fingerprint density at radius 1 is 1.19 bits per heavy atom. The summed E-state index contributed by atoms with van der Waals surface area (Å²) in [4.78, 5) is 24.0. The van der Waals surface area contributed by atoms with Crippen LogP contribution in [0.4, 0.5) is 4.39 Å². The van der Waals surface area contributed by atoms with Crippen LogP contribution < -0.4 is 0 Å². The maximum atomic E-state index is 14.0. The molecule has 5 rings (SSSR count). The first kappa shape index (κ1) is 19.5. The largest absolute Gasteiger partial charge is 0.443 e. The van der Waals surface area contributed by atoms with Gasteiger partial charge in [0.05, 0.1) is 17.2 Å². The van der Waals surface area contributed by atoms with Crippen LogP contribution in [0.3, 0.4) is 0 Å². The first-order valence-electron chi connectivity index (χ1n) is 10.5. The Kier molecular flexibility index (Phi) is 5.02. The van der Waals surface area contributed by atoms with E-state index >= 15 is 0 Å². The van der Waals surface area contributed by atoms with Crippen molar-refractivity contribution in [3.8, 4) is 0 Å². The number of carbonyl (C=O) groups is 1. The fourth-order valence-electron chi connectivity index (χ4n) is 4.33. The van der Waals surface area contributed by atoms with Crippen molar-refractivity contribution < 1.29 is 13.6 Å². The van der Waals surface area contributed by atoms with Crippen molar-refractivity contribution in [3.63, 3.8) is 0 Å². The van der Waals surface area contributed by atoms with Crippen LogP contribution in [0.15, 0.2) is 59.1 Å². The number of para-hydroxylation sites is 2. The Morgan fingerprint density at radius 3 is 2.87 bits per heavy atom. The molecule has 0 N–H and O–H groups in total. The van der Waals surface area contributed by atoms with Gasteiger partial charge in [0, 0.05) is 13.0 Å². The standard InChI is InChI=1S/C24H23FN4O2/c1-16-27-20-9-4-5-10-21(20)29(16)15-23(30)28-12-6-11-22(28)24-26-14-18(31-24)13-17-7-2-3-8-19(17)25/h2-5,7-10,14,22H,6,11-13,15H2,1H3. The van der Waals surface area contributed by atoms with E-state index in [4.69, 9.17) is 4.42 Å². The van der Waals surface area contributed by atoms with E-state index in [1.165, 1.54) is 6.07 Å². The summed E-state index contributed by atoms with van der Waals surface area (Å²) in [5, 5.41) is 0. The summed E-state index contributed by atoms with van der Waals surface area (Å²) in [6.45, 7) is 2.81. The predicted octanol–water partition coefficient (Wildman–Crippen LogP) is 4.43. The number of aromatic nitrogens is 3. The van der Waals surface area contributed by atoms with Crippen LogP contribution in [-0.2, 0) is 17.8 Å². The van der Waals surface area contributed by atoms with E-state index in [0.29, 0.717) is 30.2 Å². The molecule has 1 fully saturated rings. The van der Waals surface area contributed by atoms with Crippen LogP contribution in [0.2, 0.25) is 0 Å². The lowest BCUT2D eigenvalue weighted by atomic mass is 10.1. The Labute approximate surface area is 179 Å². The molecule has 6 nitrogen and oxygen atoms in total. The number of benzene rings is 2. The van der Waals surface area contributed by atoms with Crippen molar-refractivity contribution >= 4 is 16.9 Å². The van der Waals surface area contributed by atoms with Gasteiger partial charge in [-0.15, -0.1) is 0 Å². The van der Waals surface area contributed by atoms with Gasteiger partial charge in [-0.2, -0.15) is 0 Å². The van der Waals surface area contributed by atoms with E-state index in [1.54, 1.807) is 24.4 Å². The number of likely N-dealkylation sites (tertiary alicyclic amines) is 1. The molecule has 3 heterocycles. The van der Waals surface area contributed by atoms with Crippen LogP contribution >= 0.6 is 0 Å². The number of rotatable bonds is 5. The molecule has 4 aromatic rings. The van der Waals surface area contributed by atoms with Crippen LogP contribution in [-0.4, -0.2) is 31.9 Å². The van der Waals surface area contributed by atoms with Crippen LogP contribution in [0, 0.1) is 12.7 Å². The van der Waals surface area contributed by atoms with Crippen molar-refractivity contribution in [2.24, 2.45) is 0 Å². The smallest absolute Gasteiger partial charge is 0.243 e. The van der Waals surface area contributed by atoms with E-state index < -0.39 is 0 Å². The molecule has 1 saturated heterocycles. The third kappa shape index (κ3) is 3.71. The maximum absolute atomic E-state index is 14.0. The second-order valence-corrected chi connectivity index (χ2v) is 7.91. The third-order valence-corrected chi connectivity index (χ3v) is 5.89. The van der Waals surface area contributed by atoms with Gasteiger partial charge in [-0.3, -0.25) is 4.79 Å². The summed E-state index contributed by atoms with van der Waals surface area (Å²) in [6.07, 6.45) is 3.66. The monoisotopic (exact) mass is 418 g/mol. The lowest BCUT2D eigenvalue weighted by molar-refractivity contribution is -0.133. The Bertz CT molecular complexity index is 1250. The van der Waals surface area contributed by atoms with Gasteiger partial charge in [-0.05, 0) is 43.5 Å². The second kappa shape index (κ2) is 7.98. The minimum absolute atomic E-state index is 0.0163. The number of hydrogen-bond donors (Lipinski definition) is 0. The van der Waals surface area contributed by atoms with Gasteiger partial charge in [-0.1, -0.05) is 30.3 Å². The van der Waals surface area contributed by atoms with Crippen LogP contribution in [0.25, 0.3) is 11.0 Å². The number of carbonyl (C=O) groups excluding carboxylic acids is 1. The molecule has 2 aromatic heterocycles. The zero-order valence-electron chi connectivity index (χ0n) is 17.3. The number of halogens is 1. The van der Waals surface area contributed by atoms with Crippen molar-refractivity contribution in [2.75, 3.05) is 6.54 Å². The molecule has 1 amide bonds. The normalized spacial score (nSPS) is 16.3. The molecule has 1 aliphatic rings. The van der Waals surface area contributed by atoms with Gasteiger partial charge in [0.15, 0.2) is 0 Å². The van der Waals surface area contributed by atoms with E-state index in [2.05, 4.69) is 9.97 Å². The molecule has 0 saturated carbocycles. The van der Waals surface area contributed by atoms with E-state index in [1.807, 2.05) is 40.7 Å². The quantitative estimate of drug-likeness (QED) is 0.481. The van der Waals surface area contributed by atoms with Gasteiger partial charge in [0.25, 0.3) is 0 Å². The first-order chi connectivity index (χ1) is 15.1. The molecule has 1 aliphatic heterocycles. The zero-order chi connectivity index (χ0) is 21.4. The molecule has 0 radical (unpaired) electrons. The average molecular weight is 418 g/mol. The minimum Gasteiger partial charge on any atom is -0.443 e. The van der Waals surface area contributed by atoms with Gasteiger partial charge in [-0.25, -0.2) is 14.4 Å². The molecule has 0 spiro atoms. The molecule has 0 aliphatic carbocycles. The number of fused-ring (bicyclic) bond motifs is 1. The van der Waals surface area contributed by atoms with Crippen molar-refractivity contribution in [3.05, 3.63) is 83.6 Å². The summed E-state index contributed by atoms with van der Waals surface area (Å²) >= 11 is 0. The topological polar surface area (TPSA) is 64.2 Å². The second-order valence-electron chi connectivity index (χ2n) is 7.91. The molecular formula is C24H23FN4O2. The summed E-state index contributed by atoms with van der Waals surface area (Å²) < 4.78 is 21.8. The average Bonchev–Trinajstić information content (AvgIpc) is 3.49. The Morgan fingerprint density at radius 2 is 2.00 bits per heavy atom. The summed E-state index contributed by atoms with van der Waals surface area (Å²) in [5.41, 5.74) is 2.40. The lowest BCUT2D eigenvalue weighted by Crippen LogP contribution is -2.33. The van der Waals surface area contributed by atoms with Gasteiger partial charge < -0.3 is 13.9 Å². The molecular weight excluding hydrogens is 395 g/mol. The molecule has 7 heteroatoms. The summed E-state index contributed by atoms with van der Waals surface area (Å²) in [7, 11) is 0. The number of nitrogens with zero attached hydrogens (tertiary/aromatic N) is 4. The number of amides is 1. The van der Waals surface area contributed by atoms with E-state index in [9.17, 15) is 9.18 Å². The fourth-order valence-corrected chi connectivity index (χ4v) is 4.33. The van der Waals surface area contributed by atoms with Gasteiger partial charge >= 0.3 is 0 Å². The van der Waals surface area contributed by atoms with E-state index in [-0.39, 0.29) is 24.3 Å². The number of hydrogen-bond acceptors (Lipinski definition) is 4. The highest BCUT2D eigenvalue weighted by Gasteiger charge is 2.33. The summed E-state index contributed by atoms with van der Waals surface area (Å²) in [6, 6.07) is 14.3. The van der Waals surface area contributed by atoms with Crippen molar-refractivity contribution in [1.29, 1.82) is 0 Å². The first-order valence-corrected chi connectivity index (χ1v) is 10.5. The Balaban J connectivity index is 1.34. The predicted molar refractivity (Wildman–Crippen MR) is 114 cm³/mol. The fraction of sp³-hybridized carbons (Fsp3) is 0.292. The van der Waals surface area contributed by atoms with Gasteiger partial charge in [0.1, 0.15) is 30.0 Å². The van der Waals surface area contributed by atoms with Crippen LogP contribution in [0.1, 0.15) is 41.9 Å². The van der Waals surface area contributed by atoms with Gasteiger partial charge in [0.2, 0.25) is 11.8 Å². The number of imidazole rings is 1. The molecule has 158 valence electrons. The molecule has 2 aromatic carbocycles. The highest BCUT2D eigenvalue weighted by molar-refractivity contribution is 5.81. The van der Waals surface area contributed by atoms with Crippen molar-refractivity contribution in [1.82, 2.24) is 19.4 Å². The molecule has 31 heavy (non-hydrogen) atoms. The maximum Gasteiger partial charge on any atom is 0.243 e. The molecule has 1 atom stereocenters. The number of aryl methyl sites for hydroxylation is 1. The highest BCUT2D eigenvalue weighted by Crippen LogP contribution is 2.32. The molecule has 1 unspecified atom stereocenters. The number of oxazole rings is 1. The SMILES string of the molecule is Cc1nc2ccccc2n1CC(=O)N1CCCC1c1ncc(Cc2ccccc2F)o1. The highest BCUT2D eigenvalue weighted by atomic mass is 19.1. The van der Waals surface area contributed by atoms with Crippen LogP contribution in [0.5, 0.6) is 0 Å². The Hall–Kier alpha value is -3.48. The van der Waals surface area contributed by atoms with Crippen molar-refractivity contribution in [2.45, 2.75) is 38.8 Å².